The zero-order valence-electron chi connectivity index (χ0n) is 11.8. The lowest BCUT2D eigenvalue weighted by atomic mass is 9.85. The third-order valence-electron chi connectivity index (χ3n) is 4.21. The summed E-state index contributed by atoms with van der Waals surface area (Å²) in [6, 6.07) is 3.47. The molecule has 1 amide bonds. The number of carbonyl (C=O) groups is 1. The Morgan fingerprint density at radius 1 is 1.25 bits per heavy atom. The second-order valence-corrected chi connectivity index (χ2v) is 6.41. The molecule has 0 bridgehead atoms. The molecule has 1 aliphatic rings. The first-order chi connectivity index (χ1) is 9.41. The van der Waals surface area contributed by atoms with E-state index in [1.165, 1.54) is 19.3 Å². The van der Waals surface area contributed by atoms with Crippen molar-refractivity contribution in [3.8, 4) is 0 Å². The lowest BCUT2D eigenvalue weighted by molar-refractivity contribution is 0.0629. The summed E-state index contributed by atoms with van der Waals surface area (Å²) in [6.45, 7) is 2.20. The lowest BCUT2D eigenvalue weighted by Crippen LogP contribution is -2.42. The van der Waals surface area contributed by atoms with Crippen molar-refractivity contribution in [3.05, 3.63) is 27.7 Å². The minimum Gasteiger partial charge on any atom is -0.396 e. The molecule has 20 heavy (non-hydrogen) atoms. The van der Waals surface area contributed by atoms with Gasteiger partial charge in [-0.3, -0.25) is 4.79 Å². The van der Waals surface area contributed by atoms with Crippen molar-refractivity contribution in [3.63, 3.8) is 0 Å². The van der Waals surface area contributed by atoms with Gasteiger partial charge in [-0.1, -0.05) is 43.0 Å². The van der Waals surface area contributed by atoms with Gasteiger partial charge in [-0.25, -0.2) is 0 Å². The van der Waals surface area contributed by atoms with Gasteiger partial charge in [0.05, 0.1) is 15.7 Å². The largest absolute Gasteiger partial charge is 0.396 e. The molecule has 110 valence electrons. The summed E-state index contributed by atoms with van der Waals surface area (Å²) in [5.74, 6) is 0.477. The number of hydrogen-bond donors (Lipinski definition) is 1. The Bertz CT molecular complexity index is 496. The van der Waals surface area contributed by atoms with Crippen LogP contribution in [0.2, 0.25) is 10.0 Å². The van der Waals surface area contributed by atoms with Crippen molar-refractivity contribution in [2.45, 2.75) is 38.6 Å². The number of carbonyl (C=O) groups excluding carboxylic acids is 1. The second kappa shape index (κ2) is 6.23. The van der Waals surface area contributed by atoms with E-state index in [4.69, 9.17) is 28.9 Å². The van der Waals surface area contributed by atoms with E-state index in [0.29, 0.717) is 27.2 Å². The Hall–Kier alpha value is -0.930. The first kappa shape index (κ1) is 15.5. The molecular weight excluding hydrogens is 295 g/mol. The Morgan fingerprint density at radius 2 is 1.80 bits per heavy atom. The summed E-state index contributed by atoms with van der Waals surface area (Å²) in [4.78, 5) is 14.4. The molecule has 0 heterocycles. The highest BCUT2D eigenvalue weighted by Gasteiger charge is 2.28. The Morgan fingerprint density at radius 3 is 2.35 bits per heavy atom. The Labute approximate surface area is 130 Å². The molecule has 0 aliphatic heterocycles. The average Bonchev–Trinajstić information content (AvgIpc) is 2.43. The molecule has 1 fully saturated rings. The fraction of sp³-hybridized carbons (Fsp3) is 0.533. The van der Waals surface area contributed by atoms with E-state index in [2.05, 4.69) is 6.92 Å². The number of amides is 1. The number of benzene rings is 1. The van der Waals surface area contributed by atoms with Crippen LogP contribution in [0.5, 0.6) is 0 Å². The average molecular weight is 315 g/mol. The van der Waals surface area contributed by atoms with E-state index in [1.807, 2.05) is 11.9 Å². The molecule has 3 nitrogen and oxygen atoms in total. The van der Waals surface area contributed by atoms with Gasteiger partial charge in [0.1, 0.15) is 0 Å². The summed E-state index contributed by atoms with van der Waals surface area (Å²) in [5.41, 5.74) is 6.52. The predicted octanol–water partition coefficient (Wildman–Crippen LogP) is 4.23. The Balaban J connectivity index is 2.22. The highest BCUT2D eigenvalue weighted by atomic mass is 35.5. The van der Waals surface area contributed by atoms with Gasteiger partial charge in [-0.2, -0.15) is 0 Å². The van der Waals surface area contributed by atoms with Crippen molar-refractivity contribution in [2.24, 2.45) is 5.92 Å². The zero-order chi connectivity index (χ0) is 14.9. The molecule has 2 unspecified atom stereocenters. The van der Waals surface area contributed by atoms with Crippen molar-refractivity contribution in [2.75, 3.05) is 12.8 Å². The molecule has 0 radical (unpaired) electrons. The monoisotopic (exact) mass is 314 g/mol. The summed E-state index contributed by atoms with van der Waals surface area (Å²) in [6.07, 6.45) is 4.65. The van der Waals surface area contributed by atoms with Gasteiger partial charge in [-0.15, -0.1) is 0 Å². The predicted molar refractivity (Wildman–Crippen MR) is 84.4 cm³/mol. The maximum Gasteiger partial charge on any atom is 0.253 e. The van der Waals surface area contributed by atoms with E-state index in [1.54, 1.807) is 12.1 Å². The SMILES string of the molecule is CC1CCCCC1N(C)C(=O)c1cc(Cl)c(N)c(Cl)c1. The van der Waals surface area contributed by atoms with E-state index in [0.717, 1.165) is 6.42 Å². The van der Waals surface area contributed by atoms with Crippen LogP contribution in [-0.2, 0) is 0 Å². The number of nitrogens with zero attached hydrogens (tertiary/aromatic N) is 1. The van der Waals surface area contributed by atoms with Crippen LogP contribution in [0.15, 0.2) is 12.1 Å². The fourth-order valence-corrected chi connectivity index (χ4v) is 3.42. The van der Waals surface area contributed by atoms with Gasteiger partial charge in [0.2, 0.25) is 0 Å². The normalized spacial score (nSPS) is 22.6. The molecule has 2 rings (SSSR count). The third-order valence-corrected chi connectivity index (χ3v) is 4.84. The summed E-state index contributed by atoms with van der Waals surface area (Å²) >= 11 is 12.0. The van der Waals surface area contributed by atoms with Crippen molar-refractivity contribution < 1.29 is 4.79 Å². The number of nitrogens with two attached hydrogens (primary N) is 1. The second-order valence-electron chi connectivity index (χ2n) is 5.60. The number of rotatable bonds is 2. The van der Waals surface area contributed by atoms with Crippen LogP contribution in [0.1, 0.15) is 43.0 Å². The first-order valence-corrected chi connectivity index (χ1v) is 7.69. The van der Waals surface area contributed by atoms with Gasteiger partial charge in [0, 0.05) is 18.7 Å². The topological polar surface area (TPSA) is 46.3 Å². The van der Waals surface area contributed by atoms with E-state index < -0.39 is 0 Å². The quantitative estimate of drug-likeness (QED) is 0.830. The fourth-order valence-electron chi connectivity index (χ4n) is 2.93. The molecule has 1 aromatic rings. The highest BCUT2D eigenvalue weighted by Crippen LogP contribution is 2.31. The first-order valence-electron chi connectivity index (χ1n) is 6.93. The third kappa shape index (κ3) is 3.04. The van der Waals surface area contributed by atoms with Crippen LogP contribution >= 0.6 is 23.2 Å². The molecule has 0 saturated heterocycles. The maximum atomic E-state index is 12.6. The molecule has 2 N–H and O–H groups in total. The molecule has 0 aromatic heterocycles. The van der Waals surface area contributed by atoms with Gasteiger partial charge in [-0.05, 0) is 30.9 Å². The van der Waals surface area contributed by atoms with Crippen molar-refractivity contribution >= 4 is 34.8 Å². The van der Waals surface area contributed by atoms with Crippen molar-refractivity contribution in [1.82, 2.24) is 4.90 Å². The van der Waals surface area contributed by atoms with Crippen LogP contribution in [0, 0.1) is 5.92 Å². The maximum absolute atomic E-state index is 12.6. The van der Waals surface area contributed by atoms with Gasteiger partial charge >= 0.3 is 0 Å². The molecule has 1 saturated carbocycles. The number of anilines is 1. The number of halogens is 2. The molecule has 5 heteroatoms. The van der Waals surface area contributed by atoms with Gasteiger partial charge in [0.25, 0.3) is 5.91 Å². The van der Waals surface area contributed by atoms with Gasteiger partial charge < -0.3 is 10.6 Å². The highest BCUT2D eigenvalue weighted by molar-refractivity contribution is 6.39. The summed E-state index contributed by atoms with van der Waals surface area (Å²) in [5, 5.41) is 0.650. The summed E-state index contributed by atoms with van der Waals surface area (Å²) < 4.78 is 0. The van der Waals surface area contributed by atoms with Crippen molar-refractivity contribution in [1.29, 1.82) is 0 Å². The van der Waals surface area contributed by atoms with Crippen LogP contribution in [0.25, 0.3) is 0 Å². The smallest absolute Gasteiger partial charge is 0.253 e. The van der Waals surface area contributed by atoms with Gasteiger partial charge in [0.15, 0.2) is 0 Å². The van der Waals surface area contributed by atoms with E-state index >= 15 is 0 Å². The number of hydrogen-bond acceptors (Lipinski definition) is 2. The lowest BCUT2D eigenvalue weighted by Gasteiger charge is -2.36. The number of nitrogen functional groups attached to an aromatic ring is 1. The zero-order valence-corrected chi connectivity index (χ0v) is 13.3. The minimum atomic E-state index is -0.0486. The Kier molecular flexibility index (Phi) is 4.82. The molecular formula is C15H20Cl2N2O. The van der Waals surface area contributed by atoms with E-state index in [-0.39, 0.29) is 11.9 Å². The minimum absolute atomic E-state index is 0.0486. The van der Waals surface area contributed by atoms with Crippen LogP contribution < -0.4 is 5.73 Å². The standard InChI is InChI=1S/C15H20Cl2N2O/c1-9-5-3-4-6-13(9)19(2)15(20)10-7-11(16)14(18)12(17)8-10/h7-9,13H,3-6,18H2,1-2H3. The van der Waals surface area contributed by atoms with E-state index in [9.17, 15) is 4.79 Å². The molecule has 1 aromatic carbocycles. The van der Waals surface area contributed by atoms with Crippen LogP contribution in [-0.4, -0.2) is 23.9 Å². The summed E-state index contributed by atoms with van der Waals surface area (Å²) in [7, 11) is 1.85. The van der Waals surface area contributed by atoms with Crippen LogP contribution in [0.3, 0.4) is 0 Å². The molecule has 2 atom stereocenters. The molecule has 0 spiro atoms. The molecule has 1 aliphatic carbocycles. The van der Waals surface area contributed by atoms with Crippen LogP contribution in [0.4, 0.5) is 5.69 Å².